The van der Waals surface area contributed by atoms with Crippen LogP contribution in [0.25, 0.3) is 0 Å². The fourth-order valence-corrected chi connectivity index (χ4v) is 5.63. The van der Waals surface area contributed by atoms with Crippen LogP contribution in [0, 0.1) is 29.6 Å². The molecule has 0 spiro atoms. The highest BCUT2D eigenvalue weighted by atomic mass is 19.3. The van der Waals surface area contributed by atoms with Gasteiger partial charge in [-0.15, -0.1) is 0 Å². The lowest BCUT2D eigenvalue weighted by Crippen LogP contribution is -2.38. The van der Waals surface area contributed by atoms with E-state index in [0.717, 1.165) is 62.7 Å². The average Bonchev–Trinajstić information content (AvgIpc) is 2.73. The van der Waals surface area contributed by atoms with Gasteiger partial charge < -0.3 is 9.47 Å². The van der Waals surface area contributed by atoms with Gasteiger partial charge in [-0.1, -0.05) is 12.2 Å². The molecule has 0 bridgehead atoms. The molecule has 4 heteroatoms. The lowest BCUT2D eigenvalue weighted by atomic mass is 9.67. The molecule has 160 valence electrons. The van der Waals surface area contributed by atoms with Crippen LogP contribution in [0.5, 0.6) is 0 Å². The van der Waals surface area contributed by atoms with Gasteiger partial charge in [-0.05, 0) is 101 Å². The number of hydrogen-bond acceptors (Lipinski definition) is 2. The Morgan fingerprint density at radius 3 is 1.89 bits per heavy atom. The van der Waals surface area contributed by atoms with Crippen LogP contribution < -0.4 is 0 Å². The van der Waals surface area contributed by atoms with Gasteiger partial charge in [-0.2, -0.15) is 8.78 Å². The highest BCUT2D eigenvalue weighted by Crippen LogP contribution is 2.44. The van der Waals surface area contributed by atoms with Crippen LogP contribution >= 0.6 is 0 Å². The van der Waals surface area contributed by atoms with Gasteiger partial charge in [0.1, 0.15) is 0 Å². The summed E-state index contributed by atoms with van der Waals surface area (Å²) in [5.41, 5.74) is 0. The minimum Gasteiger partial charge on any atom is -0.352 e. The summed E-state index contributed by atoms with van der Waals surface area (Å²) in [6, 6.07) is 0. The molecule has 0 aromatic rings. The molecule has 0 N–H and O–H groups in total. The molecule has 3 aliphatic rings. The van der Waals surface area contributed by atoms with E-state index in [1.54, 1.807) is 0 Å². The van der Waals surface area contributed by atoms with Gasteiger partial charge in [0.05, 0.1) is 13.2 Å². The number of halogens is 2. The molecule has 0 amide bonds. The third kappa shape index (κ3) is 6.66. The molecule has 1 heterocycles. The first-order valence-corrected chi connectivity index (χ1v) is 11.5. The molecule has 0 unspecified atom stereocenters. The molecule has 3 rings (SSSR count). The molecule has 0 radical (unpaired) electrons. The van der Waals surface area contributed by atoms with Crippen molar-refractivity contribution in [3.05, 3.63) is 24.3 Å². The van der Waals surface area contributed by atoms with Crippen LogP contribution in [0.15, 0.2) is 24.3 Å². The van der Waals surface area contributed by atoms with Crippen molar-refractivity contribution in [3.63, 3.8) is 0 Å². The fourth-order valence-electron chi connectivity index (χ4n) is 5.63. The largest absolute Gasteiger partial charge is 0.352 e. The summed E-state index contributed by atoms with van der Waals surface area (Å²) in [5, 5.41) is 0. The van der Waals surface area contributed by atoms with E-state index in [4.69, 9.17) is 9.47 Å². The quantitative estimate of drug-likeness (QED) is 0.427. The van der Waals surface area contributed by atoms with Gasteiger partial charge >= 0.3 is 0 Å². The summed E-state index contributed by atoms with van der Waals surface area (Å²) < 4.78 is 36.5. The van der Waals surface area contributed by atoms with Crippen LogP contribution in [0.1, 0.15) is 77.6 Å². The molecule has 2 aliphatic carbocycles. The van der Waals surface area contributed by atoms with Crippen LogP contribution in [0.2, 0.25) is 0 Å². The number of ether oxygens (including phenoxy) is 2. The zero-order chi connectivity index (χ0) is 19.8. The molecule has 2 nitrogen and oxygen atoms in total. The van der Waals surface area contributed by atoms with Crippen LogP contribution in [0.3, 0.4) is 0 Å². The lowest BCUT2D eigenvalue weighted by molar-refractivity contribution is -0.212. The number of allylic oxidation sites excluding steroid dienone is 3. The maximum Gasteiger partial charge on any atom is 0.266 e. The van der Waals surface area contributed by atoms with Gasteiger partial charge in [0, 0.05) is 12.3 Å². The third-order valence-corrected chi connectivity index (χ3v) is 7.44. The Labute approximate surface area is 169 Å². The molecule has 0 aromatic heterocycles. The second-order valence-electron chi connectivity index (χ2n) is 9.19. The Bertz CT molecular complexity index is 491. The van der Waals surface area contributed by atoms with Gasteiger partial charge in [-0.25, -0.2) is 0 Å². The van der Waals surface area contributed by atoms with Crippen molar-refractivity contribution in [2.45, 2.75) is 83.8 Å². The normalized spacial score (nSPS) is 37.1. The van der Waals surface area contributed by atoms with Gasteiger partial charge in [-0.3, -0.25) is 0 Å². The summed E-state index contributed by atoms with van der Waals surface area (Å²) >= 11 is 0. The van der Waals surface area contributed by atoms with Crippen molar-refractivity contribution in [1.82, 2.24) is 0 Å². The summed E-state index contributed by atoms with van der Waals surface area (Å²) in [7, 11) is 0. The van der Waals surface area contributed by atoms with E-state index in [-0.39, 0.29) is 6.29 Å². The number of rotatable bonds is 7. The molecular weight excluding hydrogens is 358 g/mol. The molecule has 0 atom stereocenters. The Kier molecular flexibility index (Phi) is 8.98. The van der Waals surface area contributed by atoms with E-state index in [1.807, 2.05) is 6.92 Å². The van der Waals surface area contributed by atoms with Crippen molar-refractivity contribution >= 4 is 0 Å². The molecule has 2 saturated carbocycles. The topological polar surface area (TPSA) is 18.5 Å². The van der Waals surface area contributed by atoms with E-state index in [9.17, 15) is 8.78 Å². The second kappa shape index (κ2) is 11.4. The van der Waals surface area contributed by atoms with Gasteiger partial charge in [0.2, 0.25) is 0 Å². The molecule has 0 aromatic carbocycles. The number of hydrogen-bond donors (Lipinski definition) is 0. The highest BCUT2D eigenvalue weighted by Gasteiger charge is 2.35. The van der Waals surface area contributed by atoms with E-state index >= 15 is 0 Å². The first-order valence-electron chi connectivity index (χ1n) is 11.5. The zero-order valence-electron chi connectivity index (χ0n) is 17.5. The summed E-state index contributed by atoms with van der Waals surface area (Å²) in [6.45, 7) is 3.77. The van der Waals surface area contributed by atoms with Crippen molar-refractivity contribution in [2.75, 3.05) is 13.2 Å². The van der Waals surface area contributed by atoms with Crippen LogP contribution in [0.4, 0.5) is 8.78 Å². The maximum atomic E-state index is 12.3. The third-order valence-electron chi connectivity index (χ3n) is 7.44. The monoisotopic (exact) mass is 396 g/mol. The predicted octanol–water partition coefficient (Wildman–Crippen LogP) is 7.12. The summed E-state index contributed by atoms with van der Waals surface area (Å²) in [4.78, 5) is 0. The van der Waals surface area contributed by atoms with E-state index in [0.29, 0.717) is 18.3 Å². The first-order chi connectivity index (χ1) is 13.7. The average molecular weight is 397 g/mol. The molecular formula is C24H38F2O2. The fraction of sp³-hybridized carbons (Fsp3) is 0.833. The minimum atomic E-state index is -1.51. The highest BCUT2D eigenvalue weighted by molar-refractivity contribution is 4.88. The Morgan fingerprint density at radius 2 is 1.36 bits per heavy atom. The SMILES string of the molecule is CC=CCCC1OCC(C2CCC(C3CCC(CC=C(F)F)CC3)CC2)CO1. The summed E-state index contributed by atoms with van der Waals surface area (Å²) in [6.07, 6.45) is 16.4. The van der Waals surface area contributed by atoms with Gasteiger partial charge in [0.25, 0.3) is 6.08 Å². The minimum absolute atomic E-state index is 0.0142. The molecule has 1 saturated heterocycles. The Morgan fingerprint density at radius 1 is 0.821 bits per heavy atom. The van der Waals surface area contributed by atoms with Gasteiger partial charge in [0.15, 0.2) is 6.29 Å². The molecule has 3 fully saturated rings. The molecule has 1 aliphatic heterocycles. The van der Waals surface area contributed by atoms with Crippen LogP contribution in [-0.4, -0.2) is 19.5 Å². The second-order valence-corrected chi connectivity index (χ2v) is 9.19. The lowest BCUT2D eigenvalue weighted by Gasteiger charge is -2.41. The van der Waals surface area contributed by atoms with Crippen molar-refractivity contribution < 1.29 is 18.3 Å². The van der Waals surface area contributed by atoms with Crippen molar-refractivity contribution in [2.24, 2.45) is 29.6 Å². The van der Waals surface area contributed by atoms with E-state index in [2.05, 4.69) is 12.2 Å². The Hall–Kier alpha value is -0.740. The summed E-state index contributed by atoms with van der Waals surface area (Å²) in [5.74, 6) is 3.47. The standard InChI is InChI=1S/C24H38F2O2/c1-2-3-4-5-24-27-16-22(17-28-24)21-13-11-20(12-14-21)19-9-6-18(7-10-19)8-15-23(25)26/h2-3,15,18-22,24H,4-14,16-17H2,1H3. The zero-order valence-corrected chi connectivity index (χ0v) is 17.5. The van der Waals surface area contributed by atoms with E-state index in [1.165, 1.54) is 38.5 Å². The predicted molar refractivity (Wildman–Crippen MR) is 109 cm³/mol. The first kappa shape index (κ1) is 22.0. The molecule has 28 heavy (non-hydrogen) atoms. The maximum absolute atomic E-state index is 12.3. The van der Waals surface area contributed by atoms with Crippen molar-refractivity contribution in [1.29, 1.82) is 0 Å². The van der Waals surface area contributed by atoms with E-state index < -0.39 is 6.08 Å². The Balaban J connectivity index is 1.33. The van der Waals surface area contributed by atoms with Crippen molar-refractivity contribution in [3.8, 4) is 0 Å². The van der Waals surface area contributed by atoms with Crippen LogP contribution in [-0.2, 0) is 9.47 Å². The smallest absolute Gasteiger partial charge is 0.266 e.